The topological polar surface area (TPSA) is 35.5 Å². The maximum Gasteiger partial charge on any atom is 0.416 e. The van der Waals surface area contributed by atoms with E-state index in [1.807, 2.05) is 0 Å². The minimum Gasteiger partial charge on any atom is -0.489 e. The van der Waals surface area contributed by atoms with Crippen LogP contribution in [-0.4, -0.2) is 12.9 Å². The van der Waals surface area contributed by atoms with Crippen molar-refractivity contribution in [3.63, 3.8) is 0 Å². The lowest BCUT2D eigenvalue weighted by Gasteiger charge is -2.21. The zero-order valence-corrected chi connectivity index (χ0v) is 14.9. The Morgan fingerprint density at radius 1 is 1.03 bits per heavy atom. The van der Waals surface area contributed by atoms with Gasteiger partial charge in [0.1, 0.15) is 31.0 Å². The molecule has 1 heterocycles. The molecule has 2 aromatic rings. The SMILES string of the molecule is CC1=C(C=O)COc2cc(OCc3ccc(C(F)(F)F)cc3C(F)(F)F)ccc21. The van der Waals surface area contributed by atoms with Crippen LogP contribution in [0.1, 0.15) is 29.2 Å². The maximum absolute atomic E-state index is 13.2. The first-order valence-electron chi connectivity index (χ1n) is 8.33. The summed E-state index contributed by atoms with van der Waals surface area (Å²) >= 11 is 0. The first-order chi connectivity index (χ1) is 13.5. The molecule has 2 aromatic carbocycles. The number of alkyl halides is 6. The summed E-state index contributed by atoms with van der Waals surface area (Å²) in [4.78, 5) is 11.0. The van der Waals surface area contributed by atoms with Crippen molar-refractivity contribution < 1.29 is 40.6 Å². The van der Waals surface area contributed by atoms with Crippen molar-refractivity contribution in [1.82, 2.24) is 0 Å². The third-order valence-electron chi connectivity index (χ3n) is 4.50. The van der Waals surface area contributed by atoms with Crippen molar-refractivity contribution in [1.29, 1.82) is 0 Å². The van der Waals surface area contributed by atoms with E-state index in [1.54, 1.807) is 13.0 Å². The summed E-state index contributed by atoms with van der Waals surface area (Å²) in [7, 11) is 0. The third-order valence-corrected chi connectivity index (χ3v) is 4.50. The molecule has 29 heavy (non-hydrogen) atoms. The lowest BCUT2D eigenvalue weighted by atomic mass is 9.99. The molecule has 0 aliphatic carbocycles. The van der Waals surface area contributed by atoms with Crippen molar-refractivity contribution in [2.75, 3.05) is 6.61 Å². The molecule has 0 radical (unpaired) electrons. The van der Waals surface area contributed by atoms with E-state index in [1.165, 1.54) is 12.1 Å². The summed E-state index contributed by atoms with van der Waals surface area (Å²) in [5.41, 5.74) is -1.37. The Labute approximate surface area is 161 Å². The van der Waals surface area contributed by atoms with Gasteiger partial charge in [-0.3, -0.25) is 4.79 Å². The smallest absolute Gasteiger partial charge is 0.416 e. The van der Waals surface area contributed by atoms with Gasteiger partial charge in [-0.05, 0) is 36.8 Å². The zero-order valence-electron chi connectivity index (χ0n) is 14.9. The lowest BCUT2D eigenvalue weighted by molar-refractivity contribution is -0.143. The van der Waals surface area contributed by atoms with Gasteiger partial charge in [-0.1, -0.05) is 6.07 Å². The quantitative estimate of drug-likeness (QED) is 0.476. The van der Waals surface area contributed by atoms with Crippen molar-refractivity contribution >= 4 is 11.9 Å². The van der Waals surface area contributed by atoms with Crippen molar-refractivity contribution in [2.45, 2.75) is 25.9 Å². The van der Waals surface area contributed by atoms with Crippen LogP contribution in [0, 0.1) is 0 Å². The summed E-state index contributed by atoms with van der Waals surface area (Å²) < 4.78 is 88.7. The highest BCUT2D eigenvalue weighted by Gasteiger charge is 2.38. The molecule has 0 spiro atoms. The Bertz CT molecular complexity index is 973. The van der Waals surface area contributed by atoms with Crippen LogP contribution in [-0.2, 0) is 23.8 Å². The van der Waals surface area contributed by atoms with Gasteiger partial charge in [0, 0.05) is 22.8 Å². The molecule has 154 valence electrons. The summed E-state index contributed by atoms with van der Waals surface area (Å²) in [6.07, 6.45) is -9.17. The summed E-state index contributed by atoms with van der Waals surface area (Å²) in [5.74, 6) is 0.577. The van der Waals surface area contributed by atoms with Gasteiger partial charge in [-0.2, -0.15) is 26.3 Å². The molecule has 1 aliphatic rings. The van der Waals surface area contributed by atoms with Crippen molar-refractivity contribution in [2.24, 2.45) is 0 Å². The predicted octanol–water partition coefficient (Wildman–Crippen LogP) is 5.67. The fourth-order valence-corrected chi connectivity index (χ4v) is 2.88. The predicted molar refractivity (Wildman–Crippen MR) is 91.4 cm³/mol. The molecule has 9 heteroatoms. The molecule has 0 bridgehead atoms. The lowest BCUT2D eigenvalue weighted by Crippen LogP contribution is -2.14. The number of fused-ring (bicyclic) bond motifs is 1. The minimum absolute atomic E-state index is 0.0584. The molecule has 0 fully saturated rings. The van der Waals surface area contributed by atoms with Crippen molar-refractivity contribution in [3.8, 4) is 11.5 Å². The van der Waals surface area contributed by atoms with E-state index in [-0.39, 0.29) is 18.4 Å². The molecular weight excluding hydrogens is 402 g/mol. The zero-order chi connectivity index (χ0) is 21.4. The van der Waals surface area contributed by atoms with E-state index in [0.29, 0.717) is 29.2 Å². The number of ether oxygens (including phenoxy) is 2. The third kappa shape index (κ3) is 4.38. The first kappa shape index (κ1) is 20.8. The van der Waals surface area contributed by atoms with Crippen LogP contribution in [0.5, 0.6) is 11.5 Å². The summed E-state index contributed by atoms with van der Waals surface area (Å²) in [6, 6.07) is 5.95. The van der Waals surface area contributed by atoms with Crippen LogP contribution in [0.25, 0.3) is 5.57 Å². The molecule has 3 rings (SSSR count). The number of aldehydes is 1. The highest BCUT2D eigenvalue weighted by molar-refractivity contribution is 5.90. The van der Waals surface area contributed by atoms with E-state index >= 15 is 0 Å². The van der Waals surface area contributed by atoms with Crippen LogP contribution >= 0.6 is 0 Å². The van der Waals surface area contributed by atoms with Gasteiger partial charge in [0.25, 0.3) is 0 Å². The second-order valence-corrected chi connectivity index (χ2v) is 6.37. The fraction of sp³-hybridized carbons (Fsp3) is 0.250. The van der Waals surface area contributed by atoms with Gasteiger partial charge in [0.15, 0.2) is 0 Å². The Kier molecular flexibility index (Phi) is 5.34. The monoisotopic (exact) mass is 416 g/mol. The summed E-state index contributed by atoms with van der Waals surface area (Å²) in [6.45, 7) is 1.21. The molecule has 1 aliphatic heterocycles. The van der Waals surface area contributed by atoms with E-state index in [4.69, 9.17) is 9.47 Å². The maximum atomic E-state index is 13.2. The number of allylic oxidation sites excluding steroid dienone is 1. The Hall–Kier alpha value is -2.97. The van der Waals surface area contributed by atoms with Crippen LogP contribution in [0.3, 0.4) is 0 Å². The number of hydrogen-bond acceptors (Lipinski definition) is 3. The Morgan fingerprint density at radius 2 is 1.76 bits per heavy atom. The normalized spacial score (nSPS) is 14.3. The van der Waals surface area contributed by atoms with Gasteiger partial charge in [0.2, 0.25) is 0 Å². The molecule has 0 saturated heterocycles. The number of rotatable bonds is 4. The van der Waals surface area contributed by atoms with Crippen LogP contribution in [0.15, 0.2) is 42.0 Å². The minimum atomic E-state index is -4.97. The molecular formula is C20H14F6O3. The second-order valence-electron chi connectivity index (χ2n) is 6.37. The second kappa shape index (κ2) is 7.46. The molecule has 0 aromatic heterocycles. The number of halogens is 6. The highest BCUT2D eigenvalue weighted by atomic mass is 19.4. The number of carbonyl (C=O) groups excluding carboxylic acids is 1. The fourth-order valence-electron chi connectivity index (χ4n) is 2.88. The van der Waals surface area contributed by atoms with Crippen LogP contribution < -0.4 is 9.47 Å². The van der Waals surface area contributed by atoms with Crippen LogP contribution in [0.2, 0.25) is 0 Å². The van der Waals surface area contributed by atoms with Gasteiger partial charge < -0.3 is 9.47 Å². The van der Waals surface area contributed by atoms with E-state index in [2.05, 4.69) is 0 Å². The van der Waals surface area contributed by atoms with Gasteiger partial charge in [-0.15, -0.1) is 0 Å². The first-order valence-corrected chi connectivity index (χ1v) is 8.33. The van der Waals surface area contributed by atoms with Crippen molar-refractivity contribution in [3.05, 3.63) is 64.2 Å². The number of carbonyl (C=O) groups is 1. The molecule has 0 N–H and O–H groups in total. The molecule has 0 saturated carbocycles. The highest BCUT2D eigenvalue weighted by Crippen LogP contribution is 2.38. The average Bonchev–Trinajstić information content (AvgIpc) is 2.65. The van der Waals surface area contributed by atoms with E-state index in [0.717, 1.165) is 11.6 Å². The largest absolute Gasteiger partial charge is 0.489 e. The van der Waals surface area contributed by atoms with Gasteiger partial charge in [0.05, 0.1) is 11.1 Å². The molecule has 0 atom stereocenters. The van der Waals surface area contributed by atoms with Gasteiger partial charge in [-0.25, -0.2) is 0 Å². The molecule has 0 unspecified atom stereocenters. The van der Waals surface area contributed by atoms with E-state index in [9.17, 15) is 31.1 Å². The Balaban J connectivity index is 1.85. The Morgan fingerprint density at radius 3 is 2.38 bits per heavy atom. The summed E-state index contributed by atoms with van der Waals surface area (Å²) in [5, 5.41) is 0. The molecule has 0 amide bonds. The standard InChI is InChI=1S/C20H14F6O3/c1-11-13(8-27)10-29-18-7-15(4-5-16(11)18)28-9-12-2-3-14(19(21,22)23)6-17(12)20(24,25)26/h2-8H,9-10H2,1H3. The number of benzene rings is 2. The molecule has 3 nitrogen and oxygen atoms in total. The van der Waals surface area contributed by atoms with E-state index < -0.39 is 35.6 Å². The average molecular weight is 416 g/mol. The van der Waals surface area contributed by atoms with Crippen LogP contribution in [0.4, 0.5) is 26.3 Å². The van der Waals surface area contributed by atoms with Gasteiger partial charge >= 0.3 is 12.4 Å². The number of hydrogen-bond donors (Lipinski definition) is 0.